The number of hydrogen-bond acceptors (Lipinski definition) is 6. The summed E-state index contributed by atoms with van der Waals surface area (Å²) >= 11 is 0. The largest absolute Gasteiger partial charge is 0.381 e. The van der Waals surface area contributed by atoms with Gasteiger partial charge in [-0.1, -0.05) is 186 Å². The molecule has 0 rings (SSSR count). The lowest BCUT2D eigenvalue weighted by Gasteiger charge is -2.17. The van der Waals surface area contributed by atoms with Crippen LogP contribution < -0.4 is 0 Å². The summed E-state index contributed by atoms with van der Waals surface area (Å²) in [6.45, 7) is 63.4. The van der Waals surface area contributed by atoms with Crippen LogP contribution in [0, 0.1) is 32.5 Å². The zero-order valence-corrected chi connectivity index (χ0v) is 46.4. The Morgan fingerprint density at radius 3 is 0.459 bits per heavy atom. The molecule has 0 atom stereocenters. The van der Waals surface area contributed by atoms with Crippen LogP contribution in [0.15, 0.2) is 0 Å². The molecular formula is C55H124O6. The van der Waals surface area contributed by atoms with E-state index in [0.717, 1.165) is 131 Å². The quantitative estimate of drug-likeness (QED) is 0.0901. The van der Waals surface area contributed by atoms with Crippen LogP contribution in [0.3, 0.4) is 0 Å². The van der Waals surface area contributed by atoms with Crippen molar-refractivity contribution < 1.29 is 28.4 Å². The van der Waals surface area contributed by atoms with Gasteiger partial charge in [0.25, 0.3) is 0 Å². The van der Waals surface area contributed by atoms with Gasteiger partial charge in [0, 0.05) is 52.9 Å². The molecule has 0 saturated heterocycles. The second-order valence-electron chi connectivity index (χ2n) is 23.5. The first-order chi connectivity index (χ1) is 27.4. The molecule has 6 nitrogen and oxygen atoms in total. The summed E-state index contributed by atoms with van der Waals surface area (Å²) < 4.78 is 32.2. The highest BCUT2D eigenvalue weighted by atomic mass is 16.5. The van der Waals surface area contributed by atoms with Gasteiger partial charge in [-0.05, 0) is 96.7 Å². The molecule has 0 spiro atoms. The molecule has 380 valence electrons. The highest BCUT2D eigenvalue weighted by Crippen LogP contribution is 2.21. The maximum atomic E-state index is 5.43. The lowest BCUT2D eigenvalue weighted by Crippen LogP contribution is -2.12. The maximum absolute atomic E-state index is 5.43. The molecular weight excluding hydrogens is 757 g/mol. The Morgan fingerprint density at radius 2 is 0.344 bits per heavy atom. The monoisotopic (exact) mass is 881 g/mol. The van der Waals surface area contributed by atoms with Crippen molar-refractivity contribution in [1.82, 2.24) is 0 Å². The Hall–Kier alpha value is -0.240. The van der Waals surface area contributed by atoms with Crippen LogP contribution in [0.4, 0.5) is 0 Å². The van der Waals surface area contributed by atoms with Gasteiger partial charge in [0.1, 0.15) is 0 Å². The van der Waals surface area contributed by atoms with E-state index < -0.39 is 0 Å². The second kappa shape index (κ2) is 47.7. The van der Waals surface area contributed by atoms with Gasteiger partial charge in [-0.25, -0.2) is 0 Å². The van der Waals surface area contributed by atoms with Crippen molar-refractivity contribution in [2.24, 2.45) is 32.5 Å². The lowest BCUT2D eigenvalue weighted by molar-refractivity contribution is 0.0390. The van der Waals surface area contributed by atoms with Crippen molar-refractivity contribution in [2.75, 3.05) is 79.3 Å². The van der Waals surface area contributed by atoms with Crippen LogP contribution in [0.1, 0.15) is 251 Å². The molecule has 0 aromatic heterocycles. The normalized spacial score (nSPS) is 11.8. The molecule has 0 saturated carbocycles. The van der Waals surface area contributed by atoms with Gasteiger partial charge in [-0.15, -0.1) is 0 Å². The van der Waals surface area contributed by atoms with E-state index in [2.05, 4.69) is 166 Å². The maximum Gasteiger partial charge on any atom is 0.0700 e. The average molecular weight is 882 g/mol. The Balaban J connectivity index is -0.000000116. The first kappa shape index (κ1) is 75.1. The van der Waals surface area contributed by atoms with Gasteiger partial charge in [0.2, 0.25) is 0 Å². The summed E-state index contributed by atoms with van der Waals surface area (Å²) in [5.41, 5.74) is 2.71. The average Bonchev–Trinajstić information content (AvgIpc) is 3.06. The fourth-order valence-corrected chi connectivity index (χ4v) is 4.44. The number of ether oxygens (including phenoxy) is 6. The van der Waals surface area contributed by atoms with E-state index in [-0.39, 0.29) is 7.43 Å². The van der Waals surface area contributed by atoms with Crippen molar-refractivity contribution in [2.45, 2.75) is 251 Å². The van der Waals surface area contributed by atoms with Gasteiger partial charge >= 0.3 is 0 Å². The number of rotatable bonds is 24. The SMILES string of the molecule is C.CCCC(C)(C)C.CCCC(C)(C)C.CCCOCCC(C)(C)C.CCCOCCC(C)(C)C.CCCOCCOCCC(C)(C)C.CCCOCCOCCC(C)(C)C. The summed E-state index contributed by atoms with van der Waals surface area (Å²) in [4.78, 5) is 0. The summed E-state index contributed by atoms with van der Waals surface area (Å²) in [5, 5.41) is 0. The fourth-order valence-electron chi connectivity index (χ4n) is 4.44. The molecule has 0 bridgehead atoms. The van der Waals surface area contributed by atoms with Crippen LogP contribution in [0.25, 0.3) is 0 Å². The molecule has 0 aromatic carbocycles. The second-order valence-corrected chi connectivity index (χ2v) is 23.5. The Bertz CT molecular complexity index is 703. The predicted octanol–water partition coefficient (Wildman–Crippen LogP) is 17.7. The van der Waals surface area contributed by atoms with Crippen LogP contribution in [-0.2, 0) is 28.4 Å². The van der Waals surface area contributed by atoms with E-state index in [9.17, 15) is 0 Å². The zero-order valence-electron chi connectivity index (χ0n) is 46.4. The highest BCUT2D eigenvalue weighted by Gasteiger charge is 2.11. The van der Waals surface area contributed by atoms with E-state index in [1.54, 1.807) is 0 Å². The van der Waals surface area contributed by atoms with Gasteiger partial charge in [-0.2, -0.15) is 0 Å². The summed E-state index contributed by atoms with van der Waals surface area (Å²) in [6, 6.07) is 0. The van der Waals surface area contributed by atoms with E-state index in [1.165, 1.54) is 25.7 Å². The smallest absolute Gasteiger partial charge is 0.0700 e. The third-order valence-corrected chi connectivity index (χ3v) is 8.12. The van der Waals surface area contributed by atoms with Crippen LogP contribution in [0.5, 0.6) is 0 Å². The highest BCUT2D eigenvalue weighted by molar-refractivity contribution is 4.62. The molecule has 0 fully saturated rings. The molecule has 0 aliphatic rings. The summed E-state index contributed by atoms with van der Waals surface area (Å²) in [7, 11) is 0. The van der Waals surface area contributed by atoms with E-state index in [0.29, 0.717) is 32.5 Å². The predicted molar refractivity (Wildman–Crippen MR) is 278 cm³/mol. The standard InChI is InChI=1S/2C11H24O2.2C9H20O.2C7H16.CH4/c2*1-5-7-12-9-10-13-8-6-11(2,3)4;2*1-5-7-10-8-6-9(2,3)4;2*1-5-6-7(2,3)4;/h2*5-10H2,1-4H3;2*5-8H2,1-4H3;2*5-6H2,1-4H3;1H4. The molecule has 0 radical (unpaired) electrons. The molecule has 0 aromatic rings. The third kappa shape index (κ3) is 114. The van der Waals surface area contributed by atoms with E-state index in [1.807, 2.05) is 0 Å². The third-order valence-electron chi connectivity index (χ3n) is 8.12. The summed E-state index contributed by atoms with van der Waals surface area (Å²) in [5.74, 6) is 0. The van der Waals surface area contributed by atoms with Crippen molar-refractivity contribution in [3.63, 3.8) is 0 Å². The molecule has 0 aliphatic heterocycles. The van der Waals surface area contributed by atoms with Gasteiger partial charge in [0.15, 0.2) is 0 Å². The minimum Gasteiger partial charge on any atom is -0.381 e. The molecule has 0 unspecified atom stereocenters. The molecule has 0 amide bonds. The Kier molecular flexibility index (Phi) is 58.7. The summed E-state index contributed by atoms with van der Waals surface area (Å²) in [6.07, 6.45) is 14.3. The van der Waals surface area contributed by atoms with E-state index >= 15 is 0 Å². The minimum atomic E-state index is 0. The minimum absolute atomic E-state index is 0. The van der Waals surface area contributed by atoms with Crippen molar-refractivity contribution >= 4 is 0 Å². The van der Waals surface area contributed by atoms with Crippen LogP contribution in [0.2, 0.25) is 0 Å². The lowest BCUT2D eigenvalue weighted by atomic mass is 9.91. The van der Waals surface area contributed by atoms with Crippen LogP contribution >= 0.6 is 0 Å². The molecule has 61 heavy (non-hydrogen) atoms. The first-order valence-electron chi connectivity index (χ1n) is 24.8. The van der Waals surface area contributed by atoms with Crippen molar-refractivity contribution in [3.8, 4) is 0 Å². The molecule has 0 N–H and O–H groups in total. The first-order valence-corrected chi connectivity index (χ1v) is 24.8. The molecule has 0 aliphatic carbocycles. The zero-order chi connectivity index (χ0) is 48.2. The van der Waals surface area contributed by atoms with Gasteiger partial charge < -0.3 is 28.4 Å². The molecule has 0 heterocycles. The van der Waals surface area contributed by atoms with Gasteiger partial charge in [0.05, 0.1) is 26.4 Å². The van der Waals surface area contributed by atoms with Crippen molar-refractivity contribution in [3.05, 3.63) is 0 Å². The van der Waals surface area contributed by atoms with Crippen LogP contribution in [-0.4, -0.2) is 79.3 Å². The topological polar surface area (TPSA) is 55.4 Å². The van der Waals surface area contributed by atoms with E-state index in [4.69, 9.17) is 28.4 Å². The molecule has 6 heteroatoms. The van der Waals surface area contributed by atoms with Crippen molar-refractivity contribution in [1.29, 1.82) is 0 Å². The Morgan fingerprint density at radius 1 is 0.197 bits per heavy atom. The van der Waals surface area contributed by atoms with Gasteiger partial charge in [-0.3, -0.25) is 0 Å². The Labute approximate surface area is 389 Å². The number of hydrogen-bond donors (Lipinski definition) is 0. The fraction of sp³-hybridized carbons (Fsp3) is 1.00.